The first-order valence-corrected chi connectivity index (χ1v) is 8.26. The maximum atomic E-state index is 12.1. The monoisotopic (exact) mass is 314 g/mol. The molecule has 1 N–H and O–H groups in total. The standard InChI is InChI=1S/C16H14N2OS2/c1-11-6-7-14(21-11)16(19)18-10-12-4-2-8-17-15(12)13-5-3-9-20-13/h2-9H,10H2,1H3,(H,18,19). The summed E-state index contributed by atoms with van der Waals surface area (Å²) in [6.45, 7) is 2.48. The molecule has 0 spiro atoms. The average molecular weight is 314 g/mol. The minimum Gasteiger partial charge on any atom is -0.347 e. The number of amides is 1. The van der Waals surface area contributed by atoms with Gasteiger partial charge in [-0.05, 0) is 42.1 Å². The number of pyridine rings is 1. The number of hydrogen-bond acceptors (Lipinski definition) is 4. The molecule has 0 saturated carbocycles. The highest BCUT2D eigenvalue weighted by Crippen LogP contribution is 2.25. The lowest BCUT2D eigenvalue weighted by atomic mass is 10.1. The quantitative estimate of drug-likeness (QED) is 0.787. The van der Waals surface area contributed by atoms with Gasteiger partial charge in [-0.3, -0.25) is 9.78 Å². The Kier molecular flexibility index (Phi) is 4.13. The van der Waals surface area contributed by atoms with Gasteiger partial charge in [0, 0.05) is 17.6 Å². The van der Waals surface area contributed by atoms with Gasteiger partial charge in [-0.25, -0.2) is 0 Å². The van der Waals surface area contributed by atoms with E-state index in [4.69, 9.17) is 0 Å². The van der Waals surface area contributed by atoms with Crippen molar-refractivity contribution in [2.75, 3.05) is 0 Å². The molecule has 21 heavy (non-hydrogen) atoms. The predicted molar refractivity (Wildman–Crippen MR) is 87.8 cm³/mol. The Hall–Kier alpha value is -1.98. The van der Waals surface area contributed by atoms with E-state index in [-0.39, 0.29) is 5.91 Å². The lowest BCUT2D eigenvalue weighted by Crippen LogP contribution is -2.22. The summed E-state index contributed by atoms with van der Waals surface area (Å²) in [6.07, 6.45) is 1.78. The van der Waals surface area contributed by atoms with E-state index in [1.807, 2.05) is 48.7 Å². The molecule has 5 heteroatoms. The van der Waals surface area contributed by atoms with Crippen LogP contribution in [0.3, 0.4) is 0 Å². The average Bonchev–Trinajstić information content (AvgIpc) is 3.16. The zero-order chi connectivity index (χ0) is 14.7. The van der Waals surface area contributed by atoms with Crippen LogP contribution in [0, 0.1) is 6.92 Å². The third-order valence-corrected chi connectivity index (χ3v) is 4.93. The highest BCUT2D eigenvalue weighted by atomic mass is 32.1. The van der Waals surface area contributed by atoms with Gasteiger partial charge in [-0.2, -0.15) is 0 Å². The second-order valence-corrected chi connectivity index (χ2v) is 6.82. The maximum Gasteiger partial charge on any atom is 0.261 e. The van der Waals surface area contributed by atoms with Crippen LogP contribution in [0.25, 0.3) is 10.6 Å². The van der Waals surface area contributed by atoms with Crippen LogP contribution < -0.4 is 5.32 Å². The molecule has 106 valence electrons. The summed E-state index contributed by atoms with van der Waals surface area (Å²) in [5.41, 5.74) is 1.97. The van der Waals surface area contributed by atoms with Crippen LogP contribution in [0.4, 0.5) is 0 Å². The fourth-order valence-electron chi connectivity index (χ4n) is 2.04. The summed E-state index contributed by atoms with van der Waals surface area (Å²) >= 11 is 3.16. The molecule has 0 aliphatic carbocycles. The van der Waals surface area contributed by atoms with Gasteiger partial charge in [0.25, 0.3) is 5.91 Å². The molecule has 3 rings (SSSR count). The highest BCUT2D eigenvalue weighted by molar-refractivity contribution is 7.14. The zero-order valence-corrected chi connectivity index (χ0v) is 13.1. The number of carbonyl (C=O) groups is 1. The SMILES string of the molecule is Cc1ccc(C(=O)NCc2cccnc2-c2cccs2)s1. The smallest absolute Gasteiger partial charge is 0.261 e. The van der Waals surface area contributed by atoms with E-state index in [9.17, 15) is 4.79 Å². The summed E-state index contributed by atoms with van der Waals surface area (Å²) < 4.78 is 0. The van der Waals surface area contributed by atoms with Crippen LogP contribution in [0.15, 0.2) is 48.0 Å². The van der Waals surface area contributed by atoms with Crippen LogP contribution in [-0.4, -0.2) is 10.9 Å². The molecular formula is C16H14N2OS2. The van der Waals surface area contributed by atoms with Crippen LogP contribution in [-0.2, 0) is 6.54 Å². The topological polar surface area (TPSA) is 42.0 Å². The van der Waals surface area contributed by atoms with Crippen LogP contribution >= 0.6 is 22.7 Å². The minimum atomic E-state index is -0.0333. The Morgan fingerprint density at radius 3 is 2.86 bits per heavy atom. The van der Waals surface area contributed by atoms with E-state index >= 15 is 0 Å². The summed E-state index contributed by atoms with van der Waals surface area (Å²) in [5.74, 6) is -0.0333. The Balaban J connectivity index is 1.75. The first-order chi connectivity index (χ1) is 10.2. The Bertz CT molecular complexity index is 747. The van der Waals surface area contributed by atoms with Crippen molar-refractivity contribution in [1.29, 1.82) is 0 Å². The third-order valence-electron chi connectivity index (χ3n) is 3.05. The number of thiophene rings is 2. The molecule has 1 amide bonds. The summed E-state index contributed by atoms with van der Waals surface area (Å²) in [4.78, 5) is 19.5. The van der Waals surface area contributed by atoms with Gasteiger partial charge in [-0.15, -0.1) is 22.7 Å². The number of nitrogens with one attached hydrogen (secondary N) is 1. The Morgan fingerprint density at radius 1 is 1.24 bits per heavy atom. The molecule has 3 heterocycles. The number of hydrogen-bond donors (Lipinski definition) is 1. The highest BCUT2D eigenvalue weighted by Gasteiger charge is 2.11. The molecule has 0 aromatic carbocycles. The number of rotatable bonds is 4. The van der Waals surface area contributed by atoms with Crippen molar-refractivity contribution in [2.45, 2.75) is 13.5 Å². The molecule has 0 fully saturated rings. The van der Waals surface area contributed by atoms with E-state index in [0.29, 0.717) is 6.54 Å². The van der Waals surface area contributed by atoms with Crippen LogP contribution in [0.5, 0.6) is 0 Å². The van der Waals surface area contributed by atoms with Gasteiger partial charge in [0.2, 0.25) is 0 Å². The van der Waals surface area contributed by atoms with Crippen molar-refractivity contribution >= 4 is 28.6 Å². The maximum absolute atomic E-state index is 12.1. The molecule has 0 bridgehead atoms. The van der Waals surface area contributed by atoms with Crippen molar-refractivity contribution < 1.29 is 4.79 Å². The minimum absolute atomic E-state index is 0.0333. The second kappa shape index (κ2) is 6.20. The number of nitrogens with zero attached hydrogens (tertiary/aromatic N) is 1. The molecular weight excluding hydrogens is 300 g/mol. The van der Waals surface area contributed by atoms with Crippen molar-refractivity contribution in [2.24, 2.45) is 0 Å². The van der Waals surface area contributed by atoms with Crippen molar-refractivity contribution in [3.05, 3.63) is 63.3 Å². The van der Waals surface area contributed by atoms with Crippen molar-refractivity contribution in [3.63, 3.8) is 0 Å². The lowest BCUT2D eigenvalue weighted by molar-refractivity contribution is 0.0955. The fraction of sp³-hybridized carbons (Fsp3) is 0.125. The Morgan fingerprint density at radius 2 is 2.14 bits per heavy atom. The van der Waals surface area contributed by atoms with Crippen LogP contribution in [0.1, 0.15) is 20.1 Å². The number of aryl methyl sites for hydroxylation is 1. The van der Waals surface area contributed by atoms with Gasteiger partial charge < -0.3 is 5.32 Å². The number of aromatic nitrogens is 1. The molecule has 0 unspecified atom stereocenters. The van der Waals surface area contributed by atoms with E-state index in [0.717, 1.165) is 25.9 Å². The van der Waals surface area contributed by atoms with Gasteiger partial charge in [0.05, 0.1) is 15.4 Å². The molecule has 0 atom stereocenters. The van der Waals surface area contributed by atoms with Gasteiger partial charge in [-0.1, -0.05) is 12.1 Å². The first-order valence-electron chi connectivity index (χ1n) is 6.56. The van der Waals surface area contributed by atoms with Gasteiger partial charge in [0.15, 0.2) is 0 Å². The van der Waals surface area contributed by atoms with Crippen molar-refractivity contribution in [1.82, 2.24) is 10.3 Å². The van der Waals surface area contributed by atoms with Gasteiger partial charge in [0.1, 0.15) is 0 Å². The molecule has 0 aliphatic heterocycles. The molecule has 3 aromatic heterocycles. The first kappa shape index (κ1) is 14.0. The van der Waals surface area contributed by atoms with Crippen molar-refractivity contribution in [3.8, 4) is 10.6 Å². The lowest BCUT2D eigenvalue weighted by Gasteiger charge is -2.08. The fourth-order valence-corrected chi connectivity index (χ4v) is 3.58. The van der Waals surface area contributed by atoms with E-state index in [1.54, 1.807) is 17.5 Å². The van der Waals surface area contributed by atoms with Gasteiger partial charge >= 0.3 is 0 Å². The summed E-state index contributed by atoms with van der Waals surface area (Å²) in [7, 11) is 0. The molecule has 3 nitrogen and oxygen atoms in total. The summed E-state index contributed by atoms with van der Waals surface area (Å²) in [6, 6.07) is 11.8. The molecule has 0 saturated heterocycles. The van der Waals surface area contributed by atoms with E-state index < -0.39 is 0 Å². The Labute approximate surface area is 131 Å². The zero-order valence-electron chi connectivity index (χ0n) is 11.5. The summed E-state index contributed by atoms with van der Waals surface area (Å²) in [5, 5.41) is 5.00. The largest absolute Gasteiger partial charge is 0.347 e. The van der Waals surface area contributed by atoms with E-state index in [1.165, 1.54) is 11.3 Å². The van der Waals surface area contributed by atoms with Crippen LogP contribution in [0.2, 0.25) is 0 Å². The third kappa shape index (κ3) is 3.20. The van der Waals surface area contributed by atoms with E-state index in [2.05, 4.69) is 10.3 Å². The predicted octanol–water partition coefficient (Wildman–Crippen LogP) is 4.11. The molecule has 0 aliphatic rings. The number of carbonyl (C=O) groups excluding carboxylic acids is 1. The second-order valence-electron chi connectivity index (χ2n) is 4.58. The molecule has 3 aromatic rings. The normalized spacial score (nSPS) is 10.5. The molecule has 0 radical (unpaired) electrons.